The second kappa shape index (κ2) is 6.39. The maximum atomic E-state index is 11.6. The van der Waals surface area contributed by atoms with Gasteiger partial charge in [-0.2, -0.15) is 5.10 Å². The van der Waals surface area contributed by atoms with Gasteiger partial charge in [0.05, 0.1) is 30.6 Å². The van der Waals surface area contributed by atoms with Crippen molar-refractivity contribution in [1.29, 1.82) is 0 Å². The fraction of sp³-hybridized carbons (Fsp3) is 0.0769. The number of phenols is 1. The molecule has 0 fully saturated rings. The Morgan fingerprint density at radius 1 is 1.55 bits per heavy atom. The molecule has 0 atom stereocenters. The molecule has 0 aliphatic rings. The number of carbonyl (C=O) groups is 1. The van der Waals surface area contributed by atoms with Crippen LogP contribution in [-0.4, -0.2) is 29.3 Å². The van der Waals surface area contributed by atoms with Gasteiger partial charge in [0.2, 0.25) is 0 Å². The molecule has 2 N–H and O–H groups in total. The molecule has 1 heterocycles. The van der Waals surface area contributed by atoms with E-state index >= 15 is 0 Å². The fourth-order valence-corrected chi connectivity index (χ4v) is 1.60. The first-order valence-corrected chi connectivity index (χ1v) is 5.95. The molecule has 9 nitrogen and oxygen atoms in total. The van der Waals surface area contributed by atoms with Crippen LogP contribution >= 0.6 is 0 Å². The third-order valence-corrected chi connectivity index (χ3v) is 2.63. The Morgan fingerprint density at radius 3 is 2.91 bits per heavy atom. The van der Waals surface area contributed by atoms with Crippen LogP contribution < -0.4 is 10.2 Å². The summed E-state index contributed by atoms with van der Waals surface area (Å²) in [6, 6.07) is 5.16. The van der Waals surface area contributed by atoms with E-state index < -0.39 is 10.8 Å². The molecule has 22 heavy (non-hydrogen) atoms. The molecule has 0 saturated carbocycles. The number of nitro benzene ring substituents is 1. The van der Waals surface area contributed by atoms with Gasteiger partial charge in [0.1, 0.15) is 0 Å². The second-order valence-corrected chi connectivity index (χ2v) is 4.02. The number of methoxy groups -OCH3 is 1. The number of benzene rings is 1. The summed E-state index contributed by atoms with van der Waals surface area (Å²) in [7, 11) is 1.26. The van der Waals surface area contributed by atoms with Crippen molar-refractivity contribution in [2.45, 2.75) is 0 Å². The van der Waals surface area contributed by atoms with E-state index in [9.17, 15) is 20.0 Å². The fourth-order valence-electron chi connectivity index (χ4n) is 1.60. The number of rotatable bonds is 5. The van der Waals surface area contributed by atoms with Crippen LogP contribution in [0.25, 0.3) is 0 Å². The van der Waals surface area contributed by atoms with Crippen molar-refractivity contribution in [2.24, 2.45) is 5.10 Å². The predicted octanol–water partition coefficient (Wildman–Crippen LogP) is 1.67. The zero-order valence-electron chi connectivity index (χ0n) is 11.3. The molecule has 0 bridgehead atoms. The standard InChI is InChI=1S/C13H11N3O6/c1-21-11-6-9(16(19)20)5-8(12(11)17)7-14-15-13(18)10-3-2-4-22-10/h2-7,17H,1H3,(H,15,18)/b14-7-. The Balaban J connectivity index is 2.21. The first-order chi connectivity index (χ1) is 10.5. The number of furan rings is 1. The Labute approximate surface area is 124 Å². The predicted molar refractivity (Wildman–Crippen MR) is 75.1 cm³/mol. The summed E-state index contributed by atoms with van der Waals surface area (Å²) < 4.78 is 9.71. The minimum atomic E-state index is -0.638. The second-order valence-electron chi connectivity index (χ2n) is 4.02. The Hall–Kier alpha value is -3.36. The lowest BCUT2D eigenvalue weighted by Crippen LogP contribution is -2.16. The first kappa shape index (κ1) is 15.0. The number of hydrogen-bond donors (Lipinski definition) is 2. The van der Waals surface area contributed by atoms with E-state index in [1.807, 2.05) is 0 Å². The summed E-state index contributed by atoms with van der Waals surface area (Å²) in [4.78, 5) is 21.7. The molecule has 2 aromatic rings. The van der Waals surface area contributed by atoms with E-state index in [1.54, 1.807) is 0 Å². The number of non-ortho nitro benzene ring substituents is 1. The maximum absolute atomic E-state index is 11.6. The quantitative estimate of drug-likeness (QED) is 0.491. The smallest absolute Gasteiger partial charge is 0.307 e. The number of hydrazone groups is 1. The van der Waals surface area contributed by atoms with Crippen LogP contribution in [0, 0.1) is 10.1 Å². The highest BCUT2D eigenvalue weighted by Crippen LogP contribution is 2.33. The molecule has 0 aliphatic carbocycles. The average molecular weight is 305 g/mol. The highest BCUT2D eigenvalue weighted by atomic mass is 16.6. The minimum Gasteiger partial charge on any atom is -0.504 e. The summed E-state index contributed by atoms with van der Waals surface area (Å²) in [5.41, 5.74) is 1.90. The molecular weight excluding hydrogens is 294 g/mol. The molecule has 0 saturated heterocycles. The molecule has 0 radical (unpaired) electrons. The molecule has 114 valence electrons. The van der Waals surface area contributed by atoms with Gasteiger partial charge in [-0.05, 0) is 12.1 Å². The van der Waals surface area contributed by atoms with Crippen molar-refractivity contribution in [3.63, 3.8) is 0 Å². The van der Waals surface area contributed by atoms with E-state index in [1.165, 1.54) is 25.5 Å². The van der Waals surface area contributed by atoms with Gasteiger partial charge < -0.3 is 14.3 Å². The number of nitro groups is 1. The van der Waals surface area contributed by atoms with Crippen molar-refractivity contribution in [3.05, 3.63) is 52.0 Å². The first-order valence-electron chi connectivity index (χ1n) is 5.95. The van der Waals surface area contributed by atoms with Gasteiger partial charge in [-0.15, -0.1) is 0 Å². The SMILES string of the molecule is COc1cc([N+](=O)[O-])cc(/C=N\NC(=O)c2ccco2)c1O. The molecule has 0 aliphatic heterocycles. The van der Waals surface area contributed by atoms with Gasteiger partial charge in [-0.3, -0.25) is 14.9 Å². The summed E-state index contributed by atoms with van der Waals surface area (Å²) >= 11 is 0. The van der Waals surface area contributed by atoms with E-state index in [2.05, 4.69) is 10.5 Å². The Kier molecular flexibility index (Phi) is 4.37. The molecule has 1 aromatic carbocycles. The third kappa shape index (κ3) is 3.20. The summed E-state index contributed by atoms with van der Waals surface area (Å²) in [6.07, 6.45) is 2.39. The summed E-state index contributed by atoms with van der Waals surface area (Å²) in [5.74, 6) is -0.951. The van der Waals surface area contributed by atoms with Gasteiger partial charge in [0.25, 0.3) is 5.69 Å². The highest BCUT2D eigenvalue weighted by molar-refractivity contribution is 5.93. The number of hydrogen-bond acceptors (Lipinski definition) is 7. The zero-order chi connectivity index (χ0) is 16.1. The third-order valence-electron chi connectivity index (χ3n) is 2.63. The topological polar surface area (TPSA) is 127 Å². The molecule has 0 spiro atoms. The van der Waals surface area contributed by atoms with Crippen LogP contribution in [0.1, 0.15) is 16.1 Å². The lowest BCUT2D eigenvalue weighted by atomic mass is 10.2. The minimum absolute atomic E-state index is 0.0193. The molecule has 2 rings (SSSR count). The van der Waals surface area contributed by atoms with Crippen LogP contribution in [0.4, 0.5) is 5.69 Å². The highest BCUT2D eigenvalue weighted by Gasteiger charge is 2.16. The number of aromatic hydroxyl groups is 1. The number of phenolic OH excluding ortho intramolecular Hbond substituents is 1. The zero-order valence-corrected chi connectivity index (χ0v) is 11.3. The van der Waals surface area contributed by atoms with Crippen molar-refractivity contribution >= 4 is 17.8 Å². The van der Waals surface area contributed by atoms with Gasteiger partial charge in [0, 0.05) is 11.6 Å². The number of ether oxygens (including phenoxy) is 1. The molecule has 1 aromatic heterocycles. The van der Waals surface area contributed by atoms with E-state index in [0.29, 0.717) is 0 Å². The number of nitrogens with one attached hydrogen (secondary N) is 1. The van der Waals surface area contributed by atoms with E-state index in [4.69, 9.17) is 9.15 Å². The van der Waals surface area contributed by atoms with Gasteiger partial charge in [-0.1, -0.05) is 0 Å². The monoisotopic (exact) mass is 305 g/mol. The van der Waals surface area contributed by atoms with Crippen LogP contribution in [0.2, 0.25) is 0 Å². The summed E-state index contributed by atoms with van der Waals surface area (Å²) in [6.45, 7) is 0. The number of carbonyl (C=O) groups excluding carboxylic acids is 1. The van der Waals surface area contributed by atoms with Crippen molar-refractivity contribution in [1.82, 2.24) is 5.43 Å². The average Bonchev–Trinajstić information content (AvgIpc) is 3.03. The lowest BCUT2D eigenvalue weighted by Gasteiger charge is -2.05. The van der Waals surface area contributed by atoms with E-state index in [-0.39, 0.29) is 28.5 Å². The van der Waals surface area contributed by atoms with Crippen LogP contribution in [0.3, 0.4) is 0 Å². The van der Waals surface area contributed by atoms with Crippen molar-refractivity contribution in [2.75, 3.05) is 7.11 Å². The molecule has 9 heteroatoms. The molecule has 1 amide bonds. The number of amides is 1. The van der Waals surface area contributed by atoms with Crippen molar-refractivity contribution < 1.29 is 24.0 Å². The lowest BCUT2D eigenvalue weighted by molar-refractivity contribution is -0.385. The van der Waals surface area contributed by atoms with E-state index in [0.717, 1.165) is 18.3 Å². The van der Waals surface area contributed by atoms with Crippen LogP contribution in [0.15, 0.2) is 40.0 Å². The van der Waals surface area contributed by atoms with Crippen LogP contribution in [-0.2, 0) is 0 Å². The largest absolute Gasteiger partial charge is 0.504 e. The molecule has 0 unspecified atom stereocenters. The van der Waals surface area contributed by atoms with Crippen LogP contribution in [0.5, 0.6) is 11.5 Å². The van der Waals surface area contributed by atoms with Gasteiger partial charge >= 0.3 is 5.91 Å². The number of nitrogens with zero attached hydrogens (tertiary/aromatic N) is 2. The molecular formula is C13H11N3O6. The summed E-state index contributed by atoms with van der Waals surface area (Å²) in [5, 5.41) is 24.3. The maximum Gasteiger partial charge on any atom is 0.307 e. The van der Waals surface area contributed by atoms with Crippen molar-refractivity contribution in [3.8, 4) is 11.5 Å². The Bertz CT molecular complexity index is 724. The van der Waals surface area contributed by atoms with Gasteiger partial charge in [0.15, 0.2) is 17.3 Å². The van der Waals surface area contributed by atoms with Gasteiger partial charge in [-0.25, -0.2) is 5.43 Å². The normalized spacial score (nSPS) is 10.6. The Morgan fingerprint density at radius 2 is 2.32 bits per heavy atom.